The van der Waals surface area contributed by atoms with Gasteiger partial charge in [-0.15, -0.1) is 5.10 Å². The zero-order valence-corrected chi connectivity index (χ0v) is 16.0. The number of carbonyl (C=O) groups excluding carboxylic acids is 1. The Morgan fingerprint density at radius 2 is 1.88 bits per heavy atom. The molecule has 0 aliphatic heterocycles. The highest BCUT2D eigenvalue weighted by molar-refractivity contribution is 7.99. The smallest absolute Gasteiger partial charge is 0.234 e. The van der Waals surface area contributed by atoms with Crippen LogP contribution in [-0.2, 0) is 4.79 Å². The summed E-state index contributed by atoms with van der Waals surface area (Å²) in [4.78, 5) is 16.3. The Balaban J connectivity index is 1.63. The van der Waals surface area contributed by atoms with Crippen LogP contribution in [0.15, 0.2) is 41.6 Å². The minimum absolute atomic E-state index is 0.0177. The Hall–Kier alpha value is -1.80. The van der Waals surface area contributed by atoms with Crippen molar-refractivity contribution < 1.29 is 9.18 Å². The van der Waals surface area contributed by atoms with Gasteiger partial charge in [-0.1, -0.05) is 58.7 Å². The molecule has 0 atom stereocenters. The van der Waals surface area contributed by atoms with Crippen LogP contribution in [0.1, 0.15) is 0 Å². The van der Waals surface area contributed by atoms with E-state index in [4.69, 9.17) is 34.8 Å². The molecular weight excluding hydrogens is 422 g/mol. The molecule has 3 rings (SSSR count). The molecule has 1 aromatic heterocycles. The number of halogens is 4. The first-order valence-corrected chi connectivity index (χ1v) is 9.30. The van der Waals surface area contributed by atoms with Crippen LogP contribution in [0.2, 0.25) is 15.1 Å². The van der Waals surface area contributed by atoms with Crippen molar-refractivity contribution in [3.63, 3.8) is 0 Å². The lowest BCUT2D eigenvalue weighted by Crippen LogP contribution is -2.14. The molecule has 1 heterocycles. The zero-order valence-electron chi connectivity index (χ0n) is 12.9. The van der Waals surface area contributed by atoms with Crippen LogP contribution in [0.5, 0.6) is 0 Å². The van der Waals surface area contributed by atoms with E-state index in [1.807, 2.05) is 0 Å². The molecule has 10 heteroatoms. The van der Waals surface area contributed by atoms with Gasteiger partial charge in [0.15, 0.2) is 5.82 Å². The van der Waals surface area contributed by atoms with Gasteiger partial charge in [0.25, 0.3) is 0 Å². The fraction of sp³-hybridized carbons (Fsp3) is 0.0625. The number of aromatic amines is 1. The topological polar surface area (TPSA) is 70.7 Å². The van der Waals surface area contributed by atoms with Gasteiger partial charge >= 0.3 is 0 Å². The minimum Gasteiger partial charge on any atom is -0.323 e. The number of carbonyl (C=O) groups is 1. The van der Waals surface area contributed by atoms with Gasteiger partial charge in [0.05, 0.1) is 27.0 Å². The van der Waals surface area contributed by atoms with Crippen LogP contribution in [0.25, 0.3) is 11.4 Å². The van der Waals surface area contributed by atoms with Gasteiger partial charge in [0.1, 0.15) is 5.82 Å². The lowest BCUT2D eigenvalue weighted by molar-refractivity contribution is -0.113. The van der Waals surface area contributed by atoms with Crippen LogP contribution in [0.3, 0.4) is 0 Å². The molecule has 1 amide bonds. The molecule has 2 aromatic carbocycles. The van der Waals surface area contributed by atoms with Crippen molar-refractivity contribution in [1.82, 2.24) is 15.2 Å². The molecule has 0 saturated heterocycles. The van der Waals surface area contributed by atoms with E-state index in [0.29, 0.717) is 15.7 Å². The van der Waals surface area contributed by atoms with Crippen LogP contribution in [-0.4, -0.2) is 26.8 Å². The van der Waals surface area contributed by atoms with E-state index in [2.05, 4.69) is 20.5 Å². The second kappa shape index (κ2) is 8.26. The quantitative estimate of drug-likeness (QED) is 0.538. The predicted molar refractivity (Wildman–Crippen MR) is 103 cm³/mol. The summed E-state index contributed by atoms with van der Waals surface area (Å²) in [5.74, 6) is -0.456. The zero-order chi connectivity index (χ0) is 18.7. The SMILES string of the molecule is O=C(CSc1n[nH]c(-c2ccccc2F)n1)Nc1c(Cl)cc(Cl)cc1Cl. The maximum atomic E-state index is 13.8. The lowest BCUT2D eigenvalue weighted by Gasteiger charge is -2.09. The molecule has 0 aliphatic rings. The Labute approximate surface area is 167 Å². The molecule has 0 radical (unpaired) electrons. The summed E-state index contributed by atoms with van der Waals surface area (Å²) < 4.78 is 13.8. The summed E-state index contributed by atoms with van der Waals surface area (Å²) in [6.07, 6.45) is 0. The molecule has 0 unspecified atom stereocenters. The molecule has 0 spiro atoms. The van der Waals surface area contributed by atoms with E-state index in [0.717, 1.165) is 11.8 Å². The number of nitrogens with zero attached hydrogens (tertiary/aromatic N) is 2. The Morgan fingerprint density at radius 3 is 2.58 bits per heavy atom. The molecule has 0 aliphatic carbocycles. The summed E-state index contributed by atoms with van der Waals surface area (Å²) >= 11 is 19.0. The van der Waals surface area contributed by atoms with E-state index in [9.17, 15) is 9.18 Å². The van der Waals surface area contributed by atoms with Gasteiger partial charge < -0.3 is 5.32 Å². The average Bonchev–Trinajstić information content (AvgIpc) is 3.05. The summed E-state index contributed by atoms with van der Waals surface area (Å²) in [7, 11) is 0. The standard InChI is InChI=1S/C16H10Cl3FN4OS/c17-8-5-10(18)14(11(19)6-8)21-13(25)7-26-16-22-15(23-24-16)9-3-1-2-4-12(9)20/h1-6H,7H2,(H,21,25)(H,22,23,24). The van der Waals surface area contributed by atoms with Gasteiger partial charge in [-0.3, -0.25) is 9.89 Å². The number of rotatable bonds is 5. The highest BCUT2D eigenvalue weighted by atomic mass is 35.5. The van der Waals surface area contributed by atoms with Crippen molar-refractivity contribution >= 4 is 58.2 Å². The summed E-state index contributed by atoms with van der Waals surface area (Å²) in [6.45, 7) is 0. The van der Waals surface area contributed by atoms with Crippen molar-refractivity contribution in [2.75, 3.05) is 11.1 Å². The number of anilines is 1. The maximum Gasteiger partial charge on any atom is 0.234 e. The Bertz CT molecular complexity index is 943. The van der Waals surface area contributed by atoms with Crippen molar-refractivity contribution in [3.8, 4) is 11.4 Å². The van der Waals surface area contributed by atoms with E-state index in [1.165, 1.54) is 18.2 Å². The lowest BCUT2D eigenvalue weighted by atomic mass is 10.2. The largest absolute Gasteiger partial charge is 0.323 e. The predicted octanol–water partition coefficient (Wildman–Crippen LogP) is 5.30. The van der Waals surface area contributed by atoms with E-state index < -0.39 is 5.82 Å². The third-order valence-corrected chi connectivity index (χ3v) is 4.86. The average molecular weight is 432 g/mol. The number of H-pyrrole nitrogens is 1. The number of amides is 1. The molecule has 5 nitrogen and oxygen atoms in total. The monoisotopic (exact) mass is 430 g/mol. The molecule has 3 aromatic rings. The number of hydrogen-bond donors (Lipinski definition) is 2. The van der Waals surface area contributed by atoms with Crippen molar-refractivity contribution in [2.45, 2.75) is 5.16 Å². The Morgan fingerprint density at radius 1 is 1.19 bits per heavy atom. The highest BCUT2D eigenvalue weighted by Crippen LogP contribution is 2.33. The number of hydrogen-bond acceptors (Lipinski definition) is 4. The van der Waals surface area contributed by atoms with E-state index in [-0.39, 0.29) is 33.2 Å². The Kier molecular flexibility index (Phi) is 6.03. The number of aromatic nitrogens is 3. The van der Waals surface area contributed by atoms with E-state index in [1.54, 1.807) is 18.2 Å². The first kappa shape index (κ1) is 19.0. The van der Waals surface area contributed by atoms with Crippen LogP contribution < -0.4 is 5.32 Å². The molecule has 0 bridgehead atoms. The molecule has 134 valence electrons. The van der Waals surface area contributed by atoms with Crippen molar-refractivity contribution in [3.05, 3.63) is 57.3 Å². The highest BCUT2D eigenvalue weighted by Gasteiger charge is 2.14. The van der Waals surface area contributed by atoms with Gasteiger partial charge in [-0.25, -0.2) is 9.37 Å². The fourth-order valence-corrected chi connectivity index (χ4v) is 3.56. The van der Waals surface area contributed by atoms with Gasteiger partial charge in [-0.2, -0.15) is 0 Å². The second-order valence-corrected chi connectivity index (χ2v) is 7.22. The summed E-state index contributed by atoms with van der Waals surface area (Å²) in [5.41, 5.74) is 0.585. The van der Waals surface area contributed by atoms with Crippen LogP contribution in [0, 0.1) is 5.82 Å². The third kappa shape index (κ3) is 4.48. The van der Waals surface area contributed by atoms with Crippen LogP contribution in [0.4, 0.5) is 10.1 Å². The molecule has 0 fully saturated rings. The first-order chi connectivity index (χ1) is 12.4. The number of benzene rings is 2. The van der Waals surface area contributed by atoms with Gasteiger partial charge in [-0.05, 0) is 24.3 Å². The van der Waals surface area contributed by atoms with E-state index >= 15 is 0 Å². The maximum absolute atomic E-state index is 13.8. The number of thioether (sulfide) groups is 1. The fourth-order valence-electron chi connectivity index (χ4n) is 2.05. The van der Waals surface area contributed by atoms with Crippen molar-refractivity contribution in [2.24, 2.45) is 0 Å². The second-order valence-electron chi connectivity index (χ2n) is 5.03. The molecule has 2 N–H and O–H groups in total. The van der Waals surface area contributed by atoms with Crippen molar-refractivity contribution in [1.29, 1.82) is 0 Å². The minimum atomic E-state index is -0.412. The number of nitrogens with one attached hydrogen (secondary N) is 2. The molecule has 26 heavy (non-hydrogen) atoms. The summed E-state index contributed by atoms with van der Waals surface area (Å²) in [6, 6.07) is 9.16. The van der Waals surface area contributed by atoms with Crippen LogP contribution >= 0.6 is 46.6 Å². The van der Waals surface area contributed by atoms with Gasteiger partial charge in [0.2, 0.25) is 11.1 Å². The van der Waals surface area contributed by atoms with Gasteiger partial charge in [0, 0.05) is 5.02 Å². The molecule has 0 saturated carbocycles. The normalized spacial score (nSPS) is 10.8. The summed E-state index contributed by atoms with van der Waals surface area (Å²) in [5, 5.41) is 10.4. The first-order valence-electron chi connectivity index (χ1n) is 7.18. The molecular formula is C16H10Cl3FN4OS. The third-order valence-electron chi connectivity index (χ3n) is 3.20.